The van der Waals surface area contributed by atoms with Gasteiger partial charge in [0, 0.05) is 36.5 Å². The van der Waals surface area contributed by atoms with Crippen LogP contribution in [0.15, 0.2) is 30.3 Å². The van der Waals surface area contributed by atoms with Crippen molar-refractivity contribution in [2.24, 2.45) is 11.8 Å². The second-order valence-electron chi connectivity index (χ2n) is 9.01. The molecule has 2 saturated heterocycles. The van der Waals surface area contributed by atoms with Gasteiger partial charge in [0.2, 0.25) is 5.91 Å². The lowest BCUT2D eigenvalue weighted by Crippen LogP contribution is -2.44. The van der Waals surface area contributed by atoms with Gasteiger partial charge in [0.15, 0.2) is 0 Å². The van der Waals surface area contributed by atoms with Crippen molar-refractivity contribution in [1.82, 2.24) is 14.8 Å². The second kappa shape index (κ2) is 8.51. The number of rotatable bonds is 3. The van der Waals surface area contributed by atoms with Crippen molar-refractivity contribution < 1.29 is 4.79 Å². The van der Waals surface area contributed by atoms with Gasteiger partial charge in [-0.15, -0.1) is 0 Å². The zero-order valence-corrected chi connectivity index (χ0v) is 17.5. The Morgan fingerprint density at radius 3 is 2.76 bits per heavy atom. The smallest absolute Gasteiger partial charge is 0.222 e. The Morgan fingerprint density at radius 2 is 2.00 bits per heavy atom. The first kappa shape index (κ1) is 19.8. The summed E-state index contributed by atoms with van der Waals surface area (Å²) in [5.74, 6) is 1.51. The van der Waals surface area contributed by atoms with Crippen LogP contribution in [0.3, 0.4) is 0 Å². The van der Waals surface area contributed by atoms with Gasteiger partial charge in [-0.05, 0) is 63.4 Å². The highest BCUT2D eigenvalue weighted by atomic mass is 16.2. The molecule has 0 N–H and O–H groups in total. The highest BCUT2D eigenvalue weighted by Crippen LogP contribution is 2.32. The number of hydrogen-bond acceptors (Lipinski definition) is 4. The lowest BCUT2D eigenvalue weighted by molar-refractivity contribution is -0.134. The molecule has 29 heavy (non-hydrogen) atoms. The molecule has 2 aliphatic heterocycles. The third-order valence-corrected chi connectivity index (χ3v) is 6.59. The molecule has 1 amide bonds. The summed E-state index contributed by atoms with van der Waals surface area (Å²) in [7, 11) is 2.16. The van der Waals surface area contributed by atoms with Gasteiger partial charge >= 0.3 is 0 Å². The van der Waals surface area contributed by atoms with Gasteiger partial charge in [0.1, 0.15) is 6.07 Å². The molecule has 5 nitrogen and oxygen atoms in total. The minimum absolute atomic E-state index is 0.233. The number of amides is 1. The maximum absolute atomic E-state index is 13.0. The Labute approximate surface area is 173 Å². The van der Waals surface area contributed by atoms with Crippen LogP contribution in [0.2, 0.25) is 0 Å². The van der Waals surface area contributed by atoms with E-state index in [1.54, 1.807) is 0 Å². The molecule has 152 valence electrons. The maximum atomic E-state index is 13.0. The topological polar surface area (TPSA) is 60.2 Å². The molecule has 2 atom stereocenters. The molecule has 4 rings (SSSR count). The Balaban J connectivity index is 1.49. The normalized spacial score (nSPS) is 23.8. The molecule has 0 spiro atoms. The molecule has 1 aromatic carbocycles. The first-order chi connectivity index (χ1) is 14.0. The Kier molecular flexibility index (Phi) is 5.82. The summed E-state index contributed by atoms with van der Waals surface area (Å²) in [5.41, 5.74) is 2.39. The highest BCUT2D eigenvalue weighted by molar-refractivity contribution is 5.84. The maximum Gasteiger partial charge on any atom is 0.222 e. The molecule has 2 aromatic rings. The summed E-state index contributed by atoms with van der Waals surface area (Å²) in [6, 6.07) is 12.1. The van der Waals surface area contributed by atoms with Crippen LogP contribution in [-0.4, -0.2) is 53.9 Å². The standard InChI is InChI=1S/C24H30N4O/c1-17-12-21(22-7-6-19-4-3-5-20(14-25)24(19)26-22)16-28(15-17)23(29)13-18-8-10-27(2)11-9-18/h3-7,17-18,21H,8-13,15-16H2,1-2H3/t17-,21-/m0/s1. The fourth-order valence-electron chi connectivity index (χ4n) is 4.89. The molecule has 0 radical (unpaired) electrons. The molecule has 5 heteroatoms. The number of aromatic nitrogens is 1. The second-order valence-corrected chi connectivity index (χ2v) is 9.01. The third-order valence-electron chi connectivity index (χ3n) is 6.59. The number of nitrogens with zero attached hydrogens (tertiary/aromatic N) is 4. The van der Waals surface area contributed by atoms with Crippen molar-refractivity contribution in [2.75, 3.05) is 33.2 Å². The van der Waals surface area contributed by atoms with Gasteiger partial charge in [-0.2, -0.15) is 5.26 Å². The van der Waals surface area contributed by atoms with Crippen LogP contribution in [0.1, 0.15) is 49.8 Å². The van der Waals surface area contributed by atoms with Gasteiger partial charge in [-0.25, -0.2) is 0 Å². The van der Waals surface area contributed by atoms with Crippen LogP contribution in [0.5, 0.6) is 0 Å². The minimum Gasteiger partial charge on any atom is -0.342 e. The molecule has 2 fully saturated rings. The van der Waals surface area contributed by atoms with E-state index in [0.29, 0.717) is 29.7 Å². The predicted molar refractivity (Wildman–Crippen MR) is 114 cm³/mol. The number of piperidine rings is 2. The van der Waals surface area contributed by atoms with Crippen molar-refractivity contribution in [2.45, 2.75) is 38.5 Å². The number of para-hydroxylation sites is 1. The quantitative estimate of drug-likeness (QED) is 0.800. The SMILES string of the molecule is C[C@H]1C[C@H](c2ccc3cccc(C#N)c3n2)CN(C(=O)CC2CCN(C)CC2)C1. The first-order valence-electron chi connectivity index (χ1n) is 10.8. The van der Waals surface area contributed by atoms with E-state index in [4.69, 9.17) is 4.98 Å². The number of benzene rings is 1. The van der Waals surface area contributed by atoms with Crippen molar-refractivity contribution in [3.05, 3.63) is 41.6 Å². The molecule has 0 bridgehead atoms. The molecular formula is C24H30N4O. The molecular weight excluding hydrogens is 360 g/mol. The Morgan fingerprint density at radius 1 is 1.21 bits per heavy atom. The average Bonchev–Trinajstić information content (AvgIpc) is 2.74. The summed E-state index contributed by atoms with van der Waals surface area (Å²) < 4.78 is 0. The van der Waals surface area contributed by atoms with Crippen LogP contribution >= 0.6 is 0 Å². The van der Waals surface area contributed by atoms with E-state index >= 15 is 0 Å². The fourth-order valence-corrected chi connectivity index (χ4v) is 4.89. The van der Waals surface area contributed by atoms with Crippen LogP contribution in [0.25, 0.3) is 10.9 Å². The van der Waals surface area contributed by atoms with E-state index in [2.05, 4.69) is 42.0 Å². The van der Waals surface area contributed by atoms with Gasteiger partial charge in [-0.1, -0.05) is 25.1 Å². The van der Waals surface area contributed by atoms with E-state index in [1.807, 2.05) is 18.2 Å². The number of hydrogen-bond donors (Lipinski definition) is 0. The number of likely N-dealkylation sites (tertiary alicyclic amines) is 2. The lowest BCUT2D eigenvalue weighted by Gasteiger charge is -2.37. The van der Waals surface area contributed by atoms with Gasteiger partial charge < -0.3 is 9.80 Å². The number of nitriles is 1. The van der Waals surface area contributed by atoms with Crippen molar-refractivity contribution in [3.63, 3.8) is 0 Å². The van der Waals surface area contributed by atoms with Crippen molar-refractivity contribution in [1.29, 1.82) is 5.26 Å². The molecule has 0 saturated carbocycles. The summed E-state index contributed by atoms with van der Waals surface area (Å²) in [5, 5.41) is 10.4. The van der Waals surface area contributed by atoms with Gasteiger partial charge in [0.05, 0.1) is 11.1 Å². The van der Waals surface area contributed by atoms with E-state index in [9.17, 15) is 10.1 Å². The predicted octanol–water partition coefficient (Wildman–Crippen LogP) is 3.79. The average molecular weight is 391 g/mol. The van der Waals surface area contributed by atoms with Gasteiger partial charge in [-0.3, -0.25) is 9.78 Å². The van der Waals surface area contributed by atoms with Crippen LogP contribution in [0.4, 0.5) is 0 Å². The molecule has 1 aromatic heterocycles. The monoisotopic (exact) mass is 390 g/mol. The summed E-state index contributed by atoms with van der Waals surface area (Å²) >= 11 is 0. The van der Waals surface area contributed by atoms with Crippen molar-refractivity contribution >= 4 is 16.8 Å². The van der Waals surface area contributed by atoms with E-state index in [1.165, 1.54) is 0 Å². The molecule has 0 unspecified atom stereocenters. The molecule has 3 heterocycles. The summed E-state index contributed by atoms with van der Waals surface area (Å²) in [4.78, 5) is 22.3. The third kappa shape index (κ3) is 4.43. The Hall–Kier alpha value is -2.45. The van der Waals surface area contributed by atoms with E-state index in [0.717, 1.165) is 62.0 Å². The Bertz CT molecular complexity index is 926. The molecule has 0 aliphatic carbocycles. The van der Waals surface area contributed by atoms with Gasteiger partial charge in [0.25, 0.3) is 0 Å². The summed E-state index contributed by atoms with van der Waals surface area (Å²) in [6.07, 6.45) is 3.96. The van der Waals surface area contributed by atoms with Crippen LogP contribution in [-0.2, 0) is 4.79 Å². The molecule has 2 aliphatic rings. The number of carbonyl (C=O) groups is 1. The fraction of sp³-hybridized carbons (Fsp3) is 0.542. The number of pyridine rings is 1. The zero-order chi connectivity index (χ0) is 20.4. The lowest BCUT2D eigenvalue weighted by atomic mass is 9.86. The number of fused-ring (bicyclic) bond motifs is 1. The largest absolute Gasteiger partial charge is 0.342 e. The first-order valence-corrected chi connectivity index (χ1v) is 10.8. The van der Waals surface area contributed by atoms with E-state index < -0.39 is 0 Å². The van der Waals surface area contributed by atoms with Crippen LogP contribution < -0.4 is 0 Å². The summed E-state index contributed by atoms with van der Waals surface area (Å²) in [6.45, 7) is 6.00. The zero-order valence-electron chi connectivity index (χ0n) is 17.5. The number of carbonyl (C=O) groups excluding carboxylic acids is 1. The minimum atomic E-state index is 0.233. The van der Waals surface area contributed by atoms with E-state index in [-0.39, 0.29) is 5.92 Å². The van der Waals surface area contributed by atoms with Crippen LogP contribution in [0, 0.1) is 23.2 Å². The highest BCUT2D eigenvalue weighted by Gasteiger charge is 2.31. The van der Waals surface area contributed by atoms with Crippen molar-refractivity contribution in [3.8, 4) is 6.07 Å².